The lowest BCUT2D eigenvalue weighted by Gasteiger charge is -2.32. The first-order chi connectivity index (χ1) is 57.4. The van der Waals surface area contributed by atoms with Gasteiger partial charge in [-0.3, -0.25) is 67.3 Å². The maximum Gasteiger partial charge on any atom is 0.245 e. The summed E-state index contributed by atoms with van der Waals surface area (Å²) >= 11 is 0. The molecule has 1 fully saturated rings. The highest BCUT2D eigenvalue weighted by Gasteiger charge is 2.42. The number of aliphatic hydroxyl groups excluding tert-OH is 2. The van der Waals surface area contributed by atoms with Gasteiger partial charge in [0.05, 0.1) is 12.2 Å². The van der Waals surface area contributed by atoms with Gasteiger partial charge in [-0.05, 0) is 137 Å². The number of unbranched alkanes of at least 4 members (excludes halogenated alkanes) is 12. The number of guanidine groups is 1. The molecule has 0 aliphatic carbocycles. The van der Waals surface area contributed by atoms with Gasteiger partial charge in [0.2, 0.25) is 76.8 Å². The van der Waals surface area contributed by atoms with Gasteiger partial charge in [-0.1, -0.05) is 168 Å². The number of benzene rings is 3. The Hall–Kier alpha value is -10.9. The summed E-state index contributed by atoms with van der Waals surface area (Å²) in [4.78, 5) is 193. The van der Waals surface area contributed by atoms with Crippen LogP contribution >= 0.6 is 0 Å². The zero-order chi connectivity index (χ0) is 89.6. The predicted molar refractivity (Wildman–Crippen MR) is 459 cm³/mol. The number of phenolic OH excluding ortho intramolecular Hbond substituents is 2. The van der Waals surface area contributed by atoms with Crippen molar-refractivity contribution in [3.63, 3.8) is 0 Å². The molecule has 13 amide bonds. The van der Waals surface area contributed by atoms with Gasteiger partial charge in [0.1, 0.15) is 84.0 Å². The number of amides is 13. The SMILES string of the molecule is CCCCCCCCCCCCCCCC(=O)N[C@H](C(=O)N[C@H](C(=O)N[C@@H](CC(C)C)C(=O)N1CCC[C@H]1C(=O)N[C@@H](CC(C)C)C(=O)N[C@@H](Cc1c[nH]c2ccccc12)C(=O)N[C@@H](C)C(=O)N[C@@H](C)C(=O)N[C@@H](Cc1ccc(O)cc1)C(=O)N[C@H](C(=O)N[C@@H](Cc1ccc(O)cc1)C(=O)N[C@@H](CCCN=C(N)N)C(N)=O)[C@@H](C)O)[C@@H](C)O)C(C)C. The van der Waals surface area contributed by atoms with Crippen LogP contribution in [0.5, 0.6) is 11.5 Å². The third-order valence-electron chi connectivity index (χ3n) is 21.3. The van der Waals surface area contributed by atoms with Gasteiger partial charge in [-0.2, -0.15) is 0 Å². The van der Waals surface area contributed by atoms with Gasteiger partial charge in [0, 0.05) is 55.9 Å². The van der Waals surface area contributed by atoms with Crippen molar-refractivity contribution in [2.45, 2.75) is 309 Å². The van der Waals surface area contributed by atoms with Gasteiger partial charge < -0.3 is 106 Å². The molecule has 5 rings (SSSR count). The highest BCUT2D eigenvalue weighted by molar-refractivity contribution is 6.00. The summed E-state index contributed by atoms with van der Waals surface area (Å²) in [5.74, 6) is -11.9. The summed E-state index contributed by atoms with van der Waals surface area (Å²) in [6, 6.07) is 1.58. The van der Waals surface area contributed by atoms with Crippen LogP contribution in [0, 0.1) is 17.8 Å². The van der Waals surface area contributed by atoms with E-state index in [4.69, 9.17) is 17.2 Å². The summed E-state index contributed by atoms with van der Waals surface area (Å²) in [6.45, 7) is 18.3. The Morgan fingerprint density at radius 3 is 1.40 bits per heavy atom. The summed E-state index contributed by atoms with van der Waals surface area (Å²) < 4.78 is 0. The third kappa shape index (κ3) is 35.0. The number of carbonyl (C=O) groups is 13. The standard InChI is InChI=1S/C87H135N17O17/c1-12-13-14-15-16-17-18-19-20-21-22-23-24-33-71(109)101-72(52(6)7)83(118)103-74(56(11)106)85(120)100-69(45-51(4)5)86(121)104-43-28-32-70(104)82(117)98-65(44-50(2)3)79(114)97-68(48-59-49-92-63-30-26-25-29-62(59)63)78(113)94-53(8)76(111)93-54(9)77(112)96-67(47-58-36-40-61(108)41-37-58)81(116)102-73(55(10)105)84(119)99-66(46-57-34-38-60(107)39-35-57)80(115)95-64(75(88)110)31-27-42-91-87(89)90/h25-26,29-30,34-41,49-56,64-70,72-74,92,105-108H,12-24,27-28,31-33,42-48H2,1-11H3,(H2,88,110)(H,93,111)(H,94,113)(H,95,115)(H,96,112)(H,97,114)(H,98,117)(H,99,119)(H,100,120)(H,101,109)(H,102,116)(H,103,118)(H4,89,90,91)/t53-,54-,55+,56+,64-,65-,66-,67-,68-,69-,70-,72-,73-,74-/m0/s1. The summed E-state index contributed by atoms with van der Waals surface area (Å²) in [5, 5.41) is 72.0. The molecule has 0 saturated carbocycles. The quantitative estimate of drug-likeness (QED) is 0.0171. The molecule has 121 heavy (non-hydrogen) atoms. The molecule has 34 heteroatoms. The molecule has 1 aliphatic heterocycles. The molecular formula is C87H135N17O17. The van der Waals surface area contributed by atoms with Crippen molar-refractivity contribution >= 4 is 93.7 Å². The average molecular weight is 1690 g/mol. The lowest BCUT2D eigenvalue weighted by atomic mass is 9.99. The largest absolute Gasteiger partial charge is 0.508 e. The van der Waals surface area contributed by atoms with Crippen LogP contribution in [0.3, 0.4) is 0 Å². The molecule has 4 aromatic rings. The van der Waals surface area contributed by atoms with E-state index in [1.807, 2.05) is 33.8 Å². The molecule has 2 heterocycles. The van der Waals surface area contributed by atoms with E-state index in [1.165, 1.54) is 132 Å². The van der Waals surface area contributed by atoms with E-state index >= 15 is 0 Å². The first-order valence-corrected chi connectivity index (χ1v) is 42.8. The topological polar surface area (TPSA) is 545 Å². The lowest BCUT2D eigenvalue weighted by Crippen LogP contribution is -2.62. The van der Waals surface area contributed by atoms with Crippen LogP contribution in [0.25, 0.3) is 10.9 Å². The number of primary amides is 1. The van der Waals surface area contributed by atoms with Gasteiger partial charge in [0.15, 0.2) is 5.96 Å². The number of para-hydroxylation sites is 1. The van der Waals surface area contributed by atoms with E-state index in [0.29, 0.717) is 40.4 Å². The fraction of sp³-hybridized carbons (Fsp3) is 0.609. The molecule has 0 unspecified atom stereocenters. The number of rotatable bonds is 54. The van der Waals surface area contributed by atoms with E-state index in [0.717, 1.165) is 25.7 Å². The second-order valence-electron chi connectivity index (χ2n) is 33.2. The monoisotopic (exact) mass is 1690 g/mol. The van der Waals surface area contributed by atoms with E-state index in [-0.39, 0.29) is 106 Å². The highest BCUT2D eigenvalue weighted by Crippen LogP contribution is 2.25. The fourth-order valence-corrected chi connectivity index (χ4v) is 14.4. The van der Waals surface area contributed by atoms with E-state index < -0.39 is 162 Å². The van der Waals surface area contributed by atoms with Crippen LogP contribution < -0.4 is 75.7 Å². The number of nitrogens with one attached hydrogen (secondary N) is 12. The molecule has 0 spiro atoms. The number of carbonyl (C=O) groups excluding carboxylic acids is 13. The number of H-pyrrole nitrogens is 1. The predicted octanol–water partition coefficient (Wildman–Crippen LogP) is 3.50. The van der Waals surface area contributed by atoms with Crippen molar-refractivity contribution in [3.8, 4) is 11.5 Å². The Morgan fingerprint density at radius 2 is 0.893 bits per heavy atom. The van der Waals surface area contributed by atoms with Gasteiger partial charge in [0.25, 0.3) is 0 Å². The number of aliphatic hydroxyl groups is 2. The molecule has 3 aromatic carbocycles. The maximum absolute atomic E-state index is 14.9. The maximum atomic E-state index is 14.9. The number of hydrogen-bond acceptors (Lipinski definition) is 18. The Labute approximate surface area is 710 Å². The molecule has 1 aliphatic rings. The second-order valence-corrected chi connectivity index (χ2v) is 33.2. The summed E-state index contributed by atoms with van der Waals surface area (Å²) in [6.07, 6.45) is 13.8. The normalized spacial score (nSPS) is 15.9. The number of hydrogen-bond donors (Lipinski definition) is 19. The molecule has 1 aromatic heterocycles. The van der Waals surface area contributed by atoms with Crippen molar-refractivity contribution in [2.75, 3.05) is 13.1 Å². The van der Waals surface area contributed by atoms with E-state index in [1.54, 1.807) is 38.2 Å². The Morgan fingerprint density at radius 1 is 0.463 bits per heavy atom. The molecule has 670 valence electrons. The van der Waals surface area contributed by atoms with E-state index in [9.17, 15) is 82.8 Å². The fourth-order valence-electron chi connectivity index (χ4n) is 14.4. The molecule has 0 bridgehead atoms. The minimum atomic E-state index is -1.82. The van der Waals surface area contributed by atoms with Crippen molar-refractivity contribution in [1.29, 1.82) is 0 Å². The molecule has 22 N–H and O–H groups in total. The number of nitrogens with two attached hydrogens (primary N) is 3. The van der Waals surface area contributed by atoms with Gasteiger partial charge >= 0.3 is 0 Å². The van der Waals surface area contributed by atoms with Crippen LogP contribution in [0.1, 0.15) is 221 Å². The number of nitrogens with zero attached hydrogens (tertiary/aromatic N) is 2. The van der Waals surface area contributed by atoms with Crippen LogP contribution in [0.2, 0.25) is 0 Å². The number of aromatic nitrogens is 1. The van der Waals surface area contributed by atoms with Crippen molar-refractivity contribution in [2.24, 2.45) is 39.9 Å². The zero-order valence-corrected chi connectivity index (χ0v) is 72.2. The van der Waals surface area contributed by atoms with Crippen LogP contribution in [0.15, 0.2) is 84.0 Å². The number of aromatic amines is 1. The summed E-state index contributed by atoms with van der Waals surface area (Å²) in [7, 11) is 0. The smallest absolute Gasteiger partial charge is 0.245 e. The number of phenols is 2. The number of aromatic hydroxyl groups is 2. The molecular weight excluding hydrogens is 1560 g/mol. The summed E-state index contributed by atoms with van der Waals surface area (Å²) in [5.41, 5.74) is 18.6. The molecule has 1 saturated heterocycles. The average Bonchev–Trinajstić information content (AvgIpc) is 1.76. The minimum Gasteiger partial charge on any atom is -0.508 e. The van der Waals surface area contributed by atoms with Crippen LogP contribution in [-0.2, 0) is 81.6 Å². The number of likely N-dealkylation sites (tertiary alicyclic amines) is 1. The van der Waals surface area contributed by atoms with Gasteiger partial charge in [-0.25, -0.2) is 0 Å². The van der Waals surface area contributed by atoms with Crippen LogP contribution in [0.4, 0.5) is 0 Å². The van der Waals surface area contributed by atoms with E-state index in [2.05, 4.69) is 75.4 Å². The Bertz CT molecular complexity index is 4050. The van der Waals surface area contributed by atoms with Crippen LogP contribution in [-0.4, -0.2) is 211 Å². The molecule has 34 nitrogen and oxygen atoms in total. The van der Waals surface area contributed by atoms with Gasteiger partial charge in [-0.15, -0.1) is 0 Å². The zero-order valence-electron chi connectivity index (χ0n) is 72.2. The highest BCUT2D eigenvalue weighted by atomic mass is 16.3. The first-order valence-electron chi connectivity index (χ1n) is 42.8. The Balaban J connectivity index is 1.28. The Kier molecular flexibility index (Phi) is 43.0. The number of fused-ring (bicyclic) bond motifs is 1. The van der Waals surface area contributed by atoms with Crippen molar-refractivity contribution < 1.29 is 82.8 Å². The van der Waals surface area contributed by atoms with Crippen molar-refractivity contribution in [1.82, 2.24) is 68.4 Å². The number of aliphatic imine (C=N–C) groups is 1. The molecule has 0 radical (unpaired) electrons. The minimum absolute atomic E-state index is 0.00813. The first kappa shape index (κ1) is 101. The van der Waals surface area contributed by atoms with Crippen molar-refractivity contribution in [3.05, 3.63) is 95.7 Å². The molecule has 14 atom stereocenters. The third-order valence-corrected chi connectivity index (χ3v) is 21.3. The lowest BCUT2D eigenvalue weighted by molar-refractivity contribution is -0.143. The second kappa shape index (κ2) is 51.7.